The van der Waals surface area contributed by atoms with Crippen LogP contribution < -0.4 is 5.32 Å². The molecule has 0 aliphatic carbocycles. The highest BCUT2D eigenvalue weighted by molar-refractivity contribution is 7.99. The van der Waals surface area contributed by atoms with Gasteiger partial charge in [0.1, 0.15) is 5.75 Å². The van der Waals surface area contributed by atoms with Gasteiger partial charge in [0.2, 0.25) is 0 Å². The average Bonchev–Trinajstić information content (AvgIpc) is 2.64. The standard InChI is InChI=1S/C11H15NOS/c1-8-2-3-9(6-11(8)13)12-10-4-5-14-7-10/h2-3,6,10,12-13H,4-5,7H2,1H3. The van der Waals surface area contributed by atoms with Gasteiger partial charge >= 0.3 is 0 Å². The second kappa shape index (κ2) is 4.13. The Balaban J connectivity index is 2.05. The number of anilines is 1. The van der Waals surface area contributed by atoms with E-state index in [4.69, 9.17) is 0 Å². The van der Waals surface area contributed by atoms with Crippen LogP contribution in [-0.4, -0.2) is 22.7 Å². The molecule has 76 valence electrons. The summed E-state index contributed by atoms with van der Waals surface area (Å²) in [6.45, 7) is 1.91. The molecule has 1 aliphatic rings. The summed E-state index contributed by atoms with van der Waals surface area (Å²) in [5, 5.41) is 13.0. The van der Waals surface area contributed by atoms with Crippen LogP contribution >= 0.6 is 11.8 Å². The first-order chi connectivity index (χ1) is 6.75. The molecule has 1 fully saturated rings. The summed E-state index contributed by atoms with van der Waals surface area (Å²) < 4.78 is 0. The summed E-state index contributed by atoms with van der Waals surface area (Å²) in [5.41, 5.74) is 1.96. The molecule has 0 aromatic heterocycles. The monoisotopic (exact) mass is 209 g/mol. The molecule has 2 rings (SSSR count). The number of rotatable bonds is 2. The number of benzene rings is 1. The fraction of sp³-hybridized carbons (Fsp3) is 0.455. The van der Waals surface area contributed by atoms with Crippen LogP contribution in [0.1, 0.15) is 12.0 Å². The Labute approximate surface area is 88.7 Å². The normalized spacial score (nSPS) is 21.1. The van der Waals surface area contributed by atoms with Crippen molar-refractivity contribution in [3.05, 3.63) is 23.8 Å². The maximum Gasteiger partial charge on any atom is 0.120 e. The second-order valence-electron chi connectivity index (χ2n) is 3.71. The van der Waals surface area contributed by atoms with Crippen molar-refractivity contribution in [2.75, 3.05) is 16.8 Å². The second-order valence-corrected chi connectivity index (χ2v) is 4.86. The minimum Gasteiger partial charge on any atom is -0.508 e. The van der Waals surface area contributed by atoms with Crippen molar-refractivity contribution in [3.63, 3.8) is 0 Å². The van der Waals surface area contributed by atoms with E-state index in [0.717, 1.165) is 11.3 Å². The summed E-state index contributed by atoms with van der Waals surface area (Å²) in [4.78, 5) is 0. The smallest absolute Gasteiger partial charge is 0.120 e. The SMILES string of the molecule is Cc1ccc(NC2CCSC2)cc1O. The van der Waals surface area contributed by atoms with E-state index in [0.29, 0.717) is 11.8 Å². The highest BCUT2D eigenvalue weighted by Crippen LogP contribution is 2.25. The van der Waals surface area contributed by atoms with Gasteiger partial charge in [-0.3, -0.25) is 0 Å². The molecule has 0 radical (unpaired) electrons. The van der Waals surface area contributed by atoms with Crippen molar-refractivity contribution in [1.82, 2.24) is 0 Å². The van der Waals surface area contributed by atoms with Crippen LogP contribution in [0.25, 0.3) is 0 Å². The van der Waals surface area contributed by atoms with Gasteiger partial charge in [-0.2, -0.15) is 11.8 Å². The van der Waals surface area contributed by atoms with E-state index in [1.54, 1.807) is 6.07 Å². The topological polar surface area (TPSA) is 32.3 Å². The third-order valence-corrected chi connectivity index (χ3v) is 3.67. The van der Waals surface area contributed by atoms with Gasteiger partial charge in [-0.05, 0) is 30.7 Å². The molecule has 1 aliphatic heterocycles. The molecule has 2 N–H and O–H groups in total. The summed E-state index contributed by atoms with van der Waals surface area (Å²) >= 11 is 1.98. The lowest BCUT2D eigenvalue weighted by atomic mass is 10.2. The van der Waals surface area contributed by atoms with Crippen LogP contribution in [0, 0.1) is 6.92 Å². The van der Waals surface area contributed by atoms with Gasteiger partial charge in [0.25, 0.3) is 0 Å². The molecule has 14 heavy (non-hydrogen) atoms. The summed E-state index contributed by atoms with van der Waals surface area (Å²) in [6.07, 6.45) is 1.22. The first-order valence-electron chi connectivity index (χ1n) is 4.89. The van der Waals surface area contributed by atoms with E-state index in [-0.39, 0.29) is 0 Å². The lowest BCUT2D eigenvalue weighted by Gasteiger charge is -2.13. The molecule has 1 unspecified atom stereocenters. The number of thioether (sulfide) groups is 1. The van der Waals surface area contributed by atoms with E-state index in [9.17, 15) is 5.11 Å². The maximum atomic E-state index is 9.53. The fourth-order valence-electron chi connectivity index (χ4n) is 1.58. The number of phenols is 1. The molecule has 0 amide bonds. The van der Waals surface area contributed by atoms with Gasteiger partial charge in [0.15, 0.2) is 0 Å². The molecule has 3 heteroatoms. The Morgan fingerprint density at radius 2 is 2.36 bits per heavy atom. The molecular weight excluding hydrogens is 194 g/mol. The highest BCUT2D eigenvalue weighted by Gasteiger charge is 2.14. The maximum absolute atomic E-state index is 9.53. The quantitative estimate of drug-likeness (QED) is 0.785. The van der Waals surface area contributed by atoms with Crippen molar-refractivity contribution >= 4 is 17.4 Å². The summed E-state index contributed by atoms with van der Waals surface area (Å²) in [5.74, 6) is 2.80. The zero-order chi connectivity index (χ0) is 9.97. The molecule has 1 heterocycles. The average molecular weight is 209 g/mol. The highest BCUT2D eigenvalue weighted by atomic mass is 32.2. The fourth-order valence-corrected chi connectivity index (χ4v) is 2.74. The Morgan fingerprint density at radius 1 is 1.50 bits per heavy atom. The molecule has 2 nitrogen and oxygen atoms in total. The third-order valence-electron chi connectivity index (χ3n) is 2.51. The summed E-state index contributed by atoms with van der Waals surface area (Å²) in [7, 11) is 0. The molecule has 0 spiro atoms. The Kier molecular flexibility index (Phi) is 2.87. The molecular formula is C11H15NOS. The minimum absolute atomic E-state index is 0.376. The zero-order valence-electron chi connectivity index (χ0n) is 8.29. The van der Waals surface area contributed by atoms with Crippen molar-refractivity contribution in [1.29, 1.82) is 0 Å². The third kappa shape index (κ3) is 2.15. The van der Waals surface area contributed by atoms with Crippen LogP contribution in [0.2, 0.25) is 0 Å². The minimum atomic E-state index is 0.376. The molecule has 1 aromatic carbocycles. The van der Waals surface area contributed by atoms with Crippen LogP contribution in [0.15, 0.2) is 18.2 Å². The van der Waals surface area contributed by atoms with E-state index in [1.807, 2.05) is 30.8 Å². The predicted molar refractivity (Wildman–Crippen MR) is 62.2 cm³/mol. The van der Waals surface area contributed by atoms with Gasteiger partial charge in [0.05, 0.1) is 0 Å². The zero-order valence-corrected chi connectivity index (χ0v) is 9.10. The number of phenolic OH excluding ortho intramolecular Hbond substituents is 1. The lowest BCUT2D eigenvalue weighted by Crippen LogP contribution is -2.17. The number of nitrogens with one attached hydrogen (secondary N) is 1. The van der Waals surface area contributed by atoms with Crippen molar-refractivity contribution < 1.29 is 5.11 Å². The number of hydrogen-bond acceptors (Lipinski definition) is 3. The van der Waals surface area contributed by atoms with Crippen LogP contribution in [0.3, 0.4) is 0 Å². The van der Waals surface area contributed by atoms with Gasteiger partial charge in [0, 0.05) is 23.5 Å². The number of aromatic hydroxyl groups is 1. The van der Waals surface area contributed by atoms with E-state index in [2.05, 4.69) is 5.32 Å². The molecule has 1 atom stereocenters. The first kappa shape index (κ1) is 9.71. The van der Waals surface area contributed by atoms with Gasteiger partial charge in [-0.1, -0.05) is 6.07 Å². The van der Waals surface area contributed by atoms with E-state index < -0.39 is 0 Å². The van der Waals surface area contributed by atoms with Crippen molar-refractivity contribution in [2.24, 2.45) is 0 Å². The summed E-state index contributed by atoms with van der Waals surface area (Å²) in [6, 6.07) is 6.35. The van der Waals surface area contributed by atoms with E-state index in [1.165, 1.54) is 17.9 Å². The molecule has 0 saturated carbocycles. The van der Waals surface area contributed by atoms with Crippen molar-refractivity contribution in [3.8, 4) is 5.75 Å². The predicted octanol–water partition coefficient (Wildman–Crippen LogP) is 2.62. The Hall–Kier alpha value is -0.830. The Bertz CT molecular complexity index is 321. The van der Waals surface area contributed by atoms with Gasteiger partial charge < -0.3 is 10.4 Å². The van der Waals surface area contributed by atoms with Crippen LogP contribution in [-0.2, 0) is 0 Å². The first-order valence-corrected chi connectivity index (χ1v) is 6.05. The van der Waals surface area contributed by atoms with Gasteiger partial charge in [-0.25, -0.2) is 0 Å². The van der Waals surface area contributed by atoms with Gasteiger partial charge in [-0.15, -0.1) is 0 Å². The number of aryl methyl sites for hydroxylation is 1. The Morgan fingerprint density at radius 3 is 3.00 bits per heavy atom. The van der Waals surface area contributed by atoms with Crippen LogP contribution in [0.4, 0.5) is 5.69 Å². The molecule has 1 saturated heterocycles. The molecule has 1 aromatic rings. The largest absolute Gasteiger partial charge is 0.508 e. The number of hydrogen-bond donors (Lipinski definition) is 2. The van der Waals surface area contributed by atoms with Crippen LogP contribution in [0.5, 0.6) is 5.75 Å². The van der Waals surface area contributed by atoms with E-state index >= 15 is 0 Å². The van der Waals surface area contributed by atoms with Crippen molar-refractivity contribution in [2.45, 2.75) is 19.4 Å². The molecule has 0 bridgehead atoms. The lowest BCUT2D eigenvalue weighted by molar-refractivity contribution is 0.471.